The lowest BCUT2D eigenvalue weighted by Crippen LogP contribution is -2.38. The summed E-state index contributed by atoms with van der Waals surface area (Å²) in [7, 11) is 0. The maximum absolute atomic E-state index is 15.2. The Morgan fingerprint density at radius 2 is 1.84 bits per heavy atom. The van der Waals surface area contributed by atoms with E-state index in [1.165, 1.54) is 23.0 Å². The fourth-order valence-electron chi connectivity index (χ4n) is 5.81. The molecule has 6 nitrogen and oxygen atoms in total. The quantitative estimate of drug-likeness (QED) is 0.410. The zero-order chi connectivity index (χ0) is 25.2. The van der Waals surface area contributed by atoms with Gasteiger partial charge in [-0.1, -0.05) is 30.3 Å². The maximum Gasteiger partial charge on any atom is 0.420 e. The number of carbonyl (C=O) groups is 1. The lowest BCUT2D eigenvalue weighted by atomic mass is 10.1. The Balaban J connectivity index is 1.12. The lowest BCUT2D eigenvalue weighted by molar-refractivity contribution is 0.122. The van der Waals surface area contributed by atoms with Crippen LogP contribution in [0.2, 0.25) is 0 Å². The molecule has 1 aliphatic carbocycles. The molecule has 2 unspecified atom stereocenters. The summed E-state index contributed by atoms with van der Waals surface area (Å²) in [5.74, 6) is 1.23. The number of morpholine rings is 1. The summed E-state index contributed by atoms with van der Waals surface area (Å²) in [6.07, 6.45) is 0.603. The highest BCUT2D eigenvalue weighted by Crippen LogP contribution is 2.52. The molecular formula is C29H32FN3O3S. The molecule has 2 atom stereocenters. The molecule has 3 aromatic rings. The van der Waals surface area contributed by atoms with Crippen LogP contribution < -0.4 is 14.5 Å². The Bertz CT molecular complexity index is 1190. The van der Waals surface area contributed by atoms with Gasteiger partial charge in [0.15, 0.2) is 5.06 Å². The van der Waals surface area contributed by atoms with E-state index < -0.39 is 6.09 Å². The largest absolute Gasteiger partial charge is 0.420 e. The topological polar surface area (TPSA) is 45.2 Å². The van der Waals surface area contributed by atoms with Crippen molar-refractivity contribution < 1.29 is 18.7 Å². The van der Waals surface area contributed by atoms with Gasteiger partial charge in [-0.05, 0) is 65.4 Å². The van der Waals surface area contributed by atoms with Gasteiger partial charge in [-0.15, -0.1) is 11.3 Å². The van der Waals surface area contributed by atoms with Gasteiger partial charge in [0.1, 0.15) is 5.82 Å². The monoisotopic (exact) mass is 521 g/mol. The van der Waals surface area contributed by atoms with Gasteiger partial charge in [0.25, 0.3) is 0 Å². The van der Waals surface area contributed by atoms with E-state index in [2.05, 4.69) is 35.2 Å². The Hall–Kier alpha value is -2.94. The highest BCUT2D eigenvalue weighted by molar-refractivity contribution is 7.11. The van der Waals surface area contributed by atoms with E-state index in [0.29, 0.717) is 67.0 Å². The van der Waals surface area contributed by atoms with Crippen LogP contribution in [0.1, 0.15) is 5.56 Å². The number of hydrogen-bond donors (Lipinski definition) is 0. The van der Waals surface area contributed by atoms with Gasteiger partial charge in [0.05, 0.1) is 24.6 Å². The number of nitrogens with zero attached hydrogens (tertiary/aromatic N) is 3. The van der Waals surface area contributed by atoms with Crippen molar-refractivity contribution in [2.24, 2.45) is 17.8 Å². The van der Waals surface area contributed by atoms with Crippen molar-refractivity contribution in [3.8, 4) is 5.06 Å². The molecule has 0 spiro atoms. The summed E-state index contributed by atoms with van der Waals surface area (Å²) < 4.78 is 26.3. The van der Waals surface area contributed by atoms with E-state index in [1.54, 1.807) is 17.0 Å². The molecule has 2 aromatic carbocycles. The molecule has 3 fully saturated rings. The number of halogens is 1. The molecule has 2 aliphatic heterocycles. The first kappa shape index (κ1) is 24.4. The number of ether oxygens (including phenoxy) is 2. The normalized spacial score (nSPS) is 23.1. The Labute approximate surface area is 221 Å². The van der Waals surface area contributed by atoms with E-state index >= 15 is 4.39 Å². The minimum atomic E-state index is -0.452. The lowest BCUT2D eigenvalue weighted by Gasteiger charge is -2.30. The fourth-order valence-corrected chi connectivity index (χ4v) is 6.37. The molecule has 1 amide bonds. The van der Waals surface area contributed by atoms with Crippen LogP contribution in [0.25, 0.3) is 0 Å². The molecule has 0 bridgehead atoms. The molecule has 194 valence electrons. The average molecular weight is 522 g/mol. The van der Waals surface area contributed by atoms with E-state index in [4.69, 9.17) is 9.47 Å². The summed E-state index contributed by atoms with van der Waals surface area (Å²) in [5, 5.41) is 2.42. The second-order valence-corrected chi connectivity index (χ2v) is 11.0. The molecule has 2 saturated heterocycles. The first-order valence-corrected chi connectivity index (χ1v) is 13.9. The van der Waals surface area contributed by atoms with E-state index in [9.17, 15) is 4.79 Å². The minimum Gasteiger partial charge on any atom is -0.399 e. The number of amides is 1. The first-order chi connectivity index (χ1) is 18.2. The molecule has 8 heteroatoms. The zero-order valence-corrected chi connectivity index (χ0v) is 21.6. The number of benzene rings is 2. The van der Waals surface area contributed by atoms with Crippen LogP contribution >= 0.6 is 11.3 Å². The van der Waals surface area contributed by atoms with Gasteiger partial charge in [0.2, 0.25) is 0 Å². The molecular weight excluding hydrogens is 489 g/mol. The van der Waals surface area contributed by atoms with E-state index in [-0.39, 0.29) is 5.82 Å². The molecule has 1 aromatic heterocycles. The third-order valence-corrected chi connectivity index (χ3v) is 8.64. The van der Waals surface area contributed by atoms with Gasteiger partial charge in [-0.3, -0.25) is 4.90 Å². The van der Waals surface area contributed by atoms with E-state index in [1.807, 2.05) is 22.4 Å². The molecule has 0 radical (unpaired) electrons. The number of anilines is 2. The van der Waals surface area contributed by atoms with Crippen molar-refractivity contribution in [3.63, 3.8) is 0 Å². The molecule has 6 rings (SSSR count). The Kier molecular flexibility index (Phi) is 7.13. The first-order valence-electron chi connectivity index (χ1n) is 13.1. The highest BCUT2D eigenvalue weighted by atomic mass is 32.1. The SMILES string of the molecule is O=C(Oc1cccs1)N(CC1C2CN(CCc3ccccc3)CC21)c1ccc(N2CCOCC2)c(F)c1. The summed E-state index contributed by atoms with van der Waals surface area (Å²) >= 11 is 1.37. The van der Waals surface area contributed by atoms with Gasteiger partial charge in [-0.25, -0.2) is 9.18 Å². The van der Waals surface area contributed by atoms with Gasteiger partial charge >= 0.3 is 6.09 Å². The van der Waals surface area contributed by atoms with Crippen LogP contribution in [0.4, 0.5) is 20.6 Å². The van der Waals surface area contributed by atoms with Crippen molar-refractivity contribution in [2.75, 3.05) is 62.3 Å². The summed E-state index contributed by atoms with van der Waals surface area (Å²) in [5.41, 5.74) is 2.46. The molecule has 0 N–H and O–H groups in total. The second kappa shape index (κ2) is 10.8. The predicted octanol–water partition coefficient (Wildman–Crippen LogP) is 5.15. The van der Waals surface area contributed by atoms with Gasteiger partial charge in [-0.2, -0.15) is 0 Å². The number of hydrogen-bond acceptors (Lipinski definition) is 6. The molecule has 37 heavy (non-hydrogen) atoms. The number of piperidine rings is 1. The molecule has 1 saturated carbocycles. The standard InChI is InChI=1S/C29H32FN3O3S/c30-26-17-22(8-9-27(26)32-12-14-35-15-13-32)33(29(34)36-28-7-4-16-37-28)20-25-23-18-31(19-24(23)25)11-10-21-5-2-1-3-6-21/h1-9,16-17,23-25H,10-15,18-20H2. The average Bonchev–Trinajstić information content (AvgIpc) is 3.26. The van der Waals surface area contributed by atoms with E-state index in [0.717, 1.165) is 26.1 Å². The van der Waals surface area contributed by atoms with Crippen LogP contribution in [0, 0.1) is 23.6 Å². The van der Waals surface area contributed by atoms with Crippen molar-refractivity contribution in [2.45, 2.75) is 6.42 Å². The third kappa shape index (κ3) is 5.51. The maximum atomic E-state index is 15.2. The Morgan fingerprint density at radius 1 is 1.05 bits per heavy atom. The van der Waals surface area contributed by atoms with Crippen LogP contribution in [-0.4, -0.2) is 63.5 Å². The number of rotatable bonds is 8. The van der Waals surface area contributed by atoms with Gasteiger partial charge in [0, 0.05) is 39.3 Å². The van der Waals surface area contributed by atoms with Crippen molar-refractivity contribution >= 4 is 28.8 Å². The van der Waals surface area contributed by atoms with Crippen molar-refractivity contribution in [1.29, 1.82) is 0 Å². The minimum absolute atomic E-state index is 0.323. The van der Waals surface area contributed by atoms with Crippen molar-refractivity contribution in [1.82, 2.24) is 4.90 Å². The predicted molar refractivity (Wildman–Crippen MR) is 144 cm³/mol. The summed E-state index contributed by atoms with van der Waals surface area (Å²) in [6, 6.07) is 19.3. The Morgan fingerprint density at radius 3 is 2.54 bits per heavy atom. The number of likely N-dealkylation sites (tertiary alicyclic amines) is 1. The number of fused-ring (bicyclic) bond motifs is 1. The third-order valence-electron chi connectivity index (χ3n) is 7.90. The number of carbonyl (C=O) groups excluding carboxylic acids is 1. The fraction of sp³-hybridized carbons (Fsp3) is 0.414. The summed E-state index contributed by atoms with van der Waals surface area (Å²) in [6.45, 7) is 6.21. The van der Waals surface area contributed by atoms with Crippen LogP contribution in [0.5, 0.6) is 5.06 Å². The molecule has 3 aliphatic rings. The molecule has 3 heterocycles. The number of thiophene rings is 1. The smallest absolute Gasteiger partial charge is 0.399 e. The van der Waals surface area contributed by atoms with Crippen LogP contribution in [0.15, 0.2) is 66.0 Å². The second-order valence-electron chi connectivity index (χ2n) is 10.1. The highest BCUT2D eigenvalue weighted by Gasteiger charge is 2.56. The van der Waals surface area contributed by atoms with Gasteiger partial charge < -0.3 is 19.3 Å². The van der Waals surface area contributed by atoms with Crippen molar-refractivity contribution in [3.05, 3.63) is 77.4 Å². The van der Waals surface area contributed by atoms with Crippen LogP contribution in [-0.2, 0) is 11.2 Å². The zero-order valence-electron chi connectivity index (χ0n) is 20.8. The summed E-state index contributed by atoms with van der Waals surface area (Å²) in [4.78, 5) is 19.4. The van der Waals surface area contributed by atoms with Crippen LogP contribution in [0.3, 0.4) is 0 Å².